The summed E-state index contributed by atoms with van der Waals surface area (Å²) in [6.07, 6.45) is -0.236. The first kappa shape index (κ1) is 28.2. The number of nitrogens with one attached hydrogen (secondary N) is 2. The zero-order valence-electron chi connectivity index (χ0n) is 16.4. The van der Waals surface area contributed by atoms with Gasteiger partial charge in [0.1, 0.15) is 29.9 Å². The molecule has 2 fully saturated rings. The van der Waals surface area contributed by atoms with Gasteiger partial charge in [0.25, 0.3) is 0 Å². The van der Waals surface area contributed by atoms with Crippen molar-refractivity contribution in [3.8, 4) is 0 Å². The molecule has 2 saturated heterocycles. The van der Waals surface area contributed by atoms with E-state index >= 15 is 0 Å². The Bertz CT molecular complexity index is 477. The first-order chi connectivity index (χ1) is 12.3. The molecule has 2 aliphatic heterocycles. The minimum Gasteiger partial charge on any atom is -0.412 e. The lowest BCUT2D eigenvalue weighted by Gasteiger charge is -2.44. The van der Waals surface area contributed by atoms with E-state index in [0.717, 1.165) is 25.8 Å². The molecular weight excluding hydrogens is 431 g/mol. The number of carbonyl (C=O) groups excluding carboxylic acids is 1. The molecule has 0 aliphatic carbocycles. The molecule has 0 aromatic rings. The molecule has 2 aliphatic rings. The van der Waals surface area contributed by atoms with E-state index in [2.05, 4.69) is 17.6 Å². The van der Waals surface area contributed by atoms with Crippen LogP contribution in [0.1, 0.15) is 33.1 Å². The summed E-state index contributed by atoms with van der Waals surface area (Å²) in [4.78, 5) is 12.7. The highest BCUT2D eigenvalue weighted by atomic mass is 35.5. The van der Waals surface area contributed by atoms with E-state index in [0.29, 0.717) is 5.92 Å². The van der Waals surface area contributed by atoms with E-state index in [-0.39, 0.29) is 29.8 Å². The molecule has 0 bridgehead atoms. The van der Waals surface area contributed by atoms with Gasteiger partial charge in [0, 0.05) is 0 Å². The molecule has 0 aromatic carbocycles. The summed E-state index contributed by atoms with van der Waals surface area (Å²) in [6, 6.07) is -1.00. The van der Waals surface area contributed by atoms with Crippen LogP contribution in [-0.2, 0) is 9.53 Å². The van der Waals surface area contributed by atoms with Gasteiger partial charge >= 0.3 is 0 Å². The lowest BCUT2D eigenvalue weighted by molar-refractivity contribution is -0.205. The van der Waals surface area contributed by atoms with Crippen molar-refractivity contribution in [2.45, 2.75) is 80.4 Å². The predicted octanol–water partition coefficient (Wildman–Crippen LogP) is -0.356. The SMILES string of the molecule is CC[C@@H]1CCN[C@H](C(=O)NC(C2O[C@H](SC)[C@H](O)[C@@H](O)[C@@H]2O)[C@@H](C)Cl)C1.Cl.O. The van der Waals surface area contributed by atoms with Crippen molar-refractivity contribution in [1.82, 2.24) is 10.6 Å². The molecule has 168 valence electrons. The molecule has 7 N–H and O–H groups in total. The summed E-state index contributed by atoms with van der Waals surface area (Å²) in [5.74, 6) is 0.325. The fourth-order valence-corrected chi connectivity index (χ4v) is 4.54. The Balaban J connectivity index is 0.00000364. The van der Waals surface area contributed by atoms with Crippen molar-refractivity contribution in [2.24, 2.45) is 5.92 Å². The summed E-state index contributed by atoms with van der Waals surface area (Å²) in [6.45, 7) is 4.62. The van der Waals surface area contributed by atoms with Gasteiger partial charge in [-0.15, -0.1) is 35.8 Å². The first-order valence-corrected chi connectivity index (χ1v) is 10.9. The molecule has 2 unspecified atom stereocenters. The van der Waals surface area contributed by atoms with E-state index in [9.17, 15) is 20.1 Å². The molecule has 28 heavy (non-hydrogen) atoms. The van der Waals surface area contributed by atoms with Gasteiger partial charge in [-0.3, -0.25) is 4.79 Å². The number of aliphatic hydroxyl groups is 3. The van der Waals surface area contributed by atoms with Crippen LogP contribution in [0.25, 0.3) is 0 Å². The van der Waals surface area contributed by atoms with Crippen LogP contribution in [0.4, 0.5) is 0 Å². The summed E-state index contributed by atoms with van der Waals surface area (Å²) >= 11 is 7.51. The third-order valence-corrected chi connectivity index (χ3v) is 6.53. The van der Waals surface area contributed by atoms with Crippen LogP contribution in [0.15, 0.2) is 0 Å². The van der Waals surface area contributed by atoms with Crippen molar-refractivity contribution < 1.29 is 30.3 Å². The molecule has 2 rings (SSSR count). The van der Waals surface area contributed by atoms with Gasteiger partial charge in [-0.1, -0.05) is 13.3 Å². The first-order valence-electron chi connectivity index (χ1n) is 9.20. The number of rotatable bonds is 6. The lowest BCUT2D eigenvalue weighted by atomic mass is 9.89. The summed E-state index contributed by atoms with van der Waals surface area (Å²) in [5.41, 5.74) is -0.703. The van der Waals surface area contributed by atoms with Gasteiger partial charge in [0.2, 0.25) is 5.91 Å². The van der Waals surface area contributed by atoms with Crippen LogP contribution in [0.5, 0.6) is 0 Å². The Kier molecular flexibility index (Phi) is 12.8. The number of hydrogen-bond donors (Lipinski definition) is 5. The van der Waals surface area contributed by atoms with Gasteiger partial charge in [-0.2, -0.15) is 0 Å². The highest BCUT2D eigenvalue weighted by Crippen LogP contribution is 2.30. The predicted molar refractivity (Wildman–Crippen MR) is 113 cm³/mol. The van der Waals surface area contributed by atoms with Gasteiger partial charge in [0.15, 0.2) is 0 Å². The zero-order valence-corrected chi connectivity index (χ0v) is 18.8. The smallest absolute Gasteiger partial charge is 0.237 e. The number of alkyl halides is 1. The molecule has 9 atom stereocenters. The summed E-state index contributed by atoms with van der Waals surface area (Å²) in [5, 5.41) is 36.1. The maximum absolute atomic E-state index is 12.7. The van der Waals surface area contributed by atoms with Crippen LogP contribution in [0, 0.1) is 5.92 Å². The second kappa shape index (κ2) is 12.8. The van der Waals surface area contributed by atoms with E-state index < -0.39 is 41.3 Å². The normalized spacial score (nSPS) is 37.8. The fourth-order valence-electron chi connectivity index (χ4n) is 3.66. The maximum Gasteiger partial charge on any atom is 0.237 e. The standard InChI is InChI=1S/C17H31ClN2O5S.ClH.H2O/c1-4-9-5-6-19-10(7-9)16(24)20-11(8(2)18)15-13(22)12(21)14(23)17(25-15)26-3;;/h8-15,17,19,21-23H,4-7H2,1-3H3,(H,20,24);1H;1H2/t8-,9-,10+,11?,12+,13+,14-,15?,17-;;/m1../s1. The lowest BCUT2D eigenvalue weighted by Crippen LogP contribution is -2.65. The molecule has 0 spiro atoms. The van der Waals surface area contributed by atoms with Crippen LogP contribution in [0.3, 0.4) is 0 Å². The number of piperidine rings is 1. The fraction of sp³-hybridized carbons (Fsp3) is 0.941. The Labute approximate surface area is 181 Å². The highest BCUT2D eigenvalue weighted by Gasteiger charge is 2.48. The molecule has 1 amide bonds. The molecule has 11 heteroatoms. The van der Waals surface area contributed by atoms with Crippen molar-refractivity contribution in [2.75, 3.05) is 12.8 Å². The van der Waals surface area contributed by atoms with Crippen molar-refractivity contribution in [3.05, 3.63) is 0 Å². The van der Waals surface area contributed by atoms with E-state index in [1.165, 1.54) is 11.8 Å². The van der Waals surface area contributed by atoms with Gasteiger partial charge < -0.3 is 36.2 Å². The van der Waals surface area contributed by atoms with Crippen LogP contribution in [0.2, 0.25) is 0 Å². The Morgan fingerprint density at radius 2 is 1.96 bits per heavy atom. The number of amides is 1. The van der Waals surface area contributed by atoms with Gasteiger partial charge in [-0.25, -0.2) is 0 Å². The maximum atomic E-state index is 12.7. The number of hydrogen-bond acceptors (Lipinski definition) is 7. The Morgan fingerprint density at radius 3 is 2.50 bits per heavy atom. The van der Waals surface area contributed by atoms with Gasteiger partial charge in [0.05, 0.1) is 17.5 Å². The van der Waals surface area contributed by atoms with E-state index in [4.69, 9.17) is 16.3 Å². The number of ether oxygens (including phenoxy) is 1. The average Bonchev–Trinajstić information content (AvgIpc) is 2.64. The monoisotopic (exact) mass is 464 g/mol. The molecule has 0 aromatic heterocycles. The largest absolute Gasteiger partial charge is 0.412 e. The second-order valence-corrected chi connectivity index (χ2v) is 8.82. The molecule has 0 saturated carbocycles. The average molecular weight is 465 g/mol. The van der Waals surface area contributed by atoms with E-state index in [1.807, 2.05) is 0 Å². The third-order valence-electron chi connectivity index (χ3n) is 5.40. The van der Waals surface area contributed by atoms with Crippen molar-refractivity contribution in [3.63, 3.8) is 0 Å². The minimum absolute atomic E-state index is 0. The van der Waals surface area contributed by atoms with Crippen LogP contribution in [-0.4, -0.2) is 86.8 Å². The Hall–Kier alpha value is 0.160. The number of aliphatic hydroxyl groups excluding tert-OH is 3. The molecule has 0 radical (unpaired) electrons. The van der Waals surface area contributed by atoms with Crippen LogP contribution >= 0.6 is 35.8 Å². The molecule has 2 heterocycles. The quantitative estimate of drug-likeness (QED) is 0.337. The number of thioether (sulfide) groups is 1. The van der Waals surface area contributed by atoms with E-state index in [1.54, 1.807) is 13.2 Å². The second-order valence-electron chi connectivity index (χ2n) is 7.19. The Morgan fingerprint density at radius 1 is 1.32 bits per heavy atom. The van der Waals surface area contributed by atoms with Crippen molar-refractivity contribution in [1.29, 1.82) is 0 Å². The minimum atomic E-state index is -1.36. The number of carbonyl (C=O) groups is 1. The van der Waals surface area contributed by atoms with Crippen LogP contribution < -0.4 is 10.6 Å². The zero-order chi connectivity index (χ0) is 19.4. The molecular formula is C17H34Cl2N2O6S. The summed E-state index contributed by atoms with van der Waals surface area (Å²) < 4.78 is 5.77. The number of halogens is 2. The highest BCUT2D eigenvalue weighted by molar-refractivity contribution is 7.99. The topological polar surface area (TPSA) is 143 Å². The third kappa shape index (κ3) is 6.58. The van der Waals surface area contributed by atoms with Gasteiger partial charge in [-0.05, 0) is 38.5 Å². The van der Waals surface area contributed by atoms with Crippen molar-refractivity contribution >= 4 is 41.7 Å². The molecule has 8 nitrogen and oxygen atoms in total. The summed E-state index contributed by atoms with van der Waals surface area (Å²) in [7, 11) is 0.